The summed E-state index contributed by atoms with van der Waals surface area (Å²) in [5, 5.41) is 0. The number of methoxy groups -OCH3 is 1. The van der Waals surface area contributed by atoms with Crippen LogP contribution >= 0.6 is 0 Å². The van der Waals surface area contributed by atoms with Gasteiger partial charge >= 0.3 is 0 Å². The number of ether oxygens (including phenoxy) is 1. The number of halogens is 1. The average molecular weight is 354 g/mol. The van der Waals surface area contributed by atoms with Crippen LogP contribution in [0.5, 0.6) is 5.75 Å². The van der Waals surface area contributed by atoms with E-state index in [2.05, 4.69) is 4.90 Å². The van der Waals surface area contributed by atoms with Crippen LogP contribution in [0.25, 0.3) is 5.57 Å². The van der Waals surface area contributed by atoms with E-state index >= 15 is 0 Å². The zero-order chi connectivity index (χ0) is 18.5. The molecule has 0 aliphatic carbocycles. The molecule has 1 heterocycles. The van der Waals surface area contributed by atoms with Crippen molar-refractivity contribution in [2.24, 2.45) is 0 Å². The van der Waals surface area contributed by atoms with E-state index in [1.165, 1.54) is 12.1 Å². The normalized spacial score (nSPS) is 15.1. The highest BCUT2D eigenvalue weighted by atomic mass is 19.1. The van der Waals surface area contributed by atoms with Crippen molar-refractivity contribution >= 4 is 17.2 Å². The first-order valence-electron chi connectivity index (χ1n) is 8.69. The molecule has 0 saturated carbocycles. The Labute approximate surface area is 153 Å². The zero-order valence-corrected chi connectivity index (χ0v) is 15.1. The summed E-state index contributed by atoms with van der Waals surface area (Å²) in [6, 6.07) is 14.2. The number of rotatable bonds is 4. The van der Waals surface area contributed by atoms with Crippen molar-refractivity contribution in [1.82, 2.24) is 4.90 Å². The van der Waals surface area contributed by atoms with Gasteiger partial charge in [-0.25, -0.2) is 4.39 Å². The van der Waals surface area contributed by atoms with Gasteiger partial charge in [0.2, 0.25) is 5.91 Å². The molecule has 3 rings (SSSR count). The summed E-state index contributed by atoms with van der Waals surface area (Å²) < 4.78 is 18.2. The Hall–Kier alpha value is -2.82. The minimum atomic E-state index is -0.235. The molecule has 26 heavy (non-hydrogen) atoms. The lowest BCUT2D eigenvalue weighted by Crippen LogP contribution is -2.48. The first kappa shape index (κ1) is 18.0. The Morgan fingerprint density at radius 1 is 1.00 bits per heavy atom. The van der Waals surface area contributed by atoms with Gasteiger partial charge in [0.05, 0.1) is 7.11 Å². The smallest absolute Gasteiger partial charge is 0.246 e. The summed E-state index contributed by atoms with van der Waals surface area (Å²) in [5.74, 6) is 0.587. The first-order chi connectivity index (χ1) is 12.6. The van der Waals surface area contributed by atoms with E-state index in [1.54, 1.807) is 25.3 Å². The Morgan fingerprint density at radius 2 is 1.62 bits per heavy atom. The Kier molecular flexibility index (Phi) is 5.56. The van der Waals surface area contributed by atoms with Crippen LogP contribution in [0.2, 0.25) is 0 Å². The molecule has 1 amide bonds. The number of anilines is 1. The molecule has 4 nitrogen and oxygen atoms in total. The van der Waals surface area contributed by atoms with Crippen LogP contribution in [0.3, 0.4) is 0 Å². The third kappa shape index (κ3) is 4.23. The van der Waals surface area contributed by atoms with Crippen molar-refractivity contribution in [3.05, 3.63) is 66.0 Å². The molecule has 2 aromatic rings. The SMILES string of the molecule is COc1ccc(/C(C)=C/C(=O)N2CCN(c3ccc(F)cc3)CC2)cc1. The summed E-state index contributed by atoms with van der Waals surface area (Å²) in [5.41, 5.74) is 2.92. The van der Waals surface area contributed by atoms with E-state index in [-0.39, 0.29) is 11.7 Å². The maximum absolute atomic E-state index is 13.0. The largest absolute Gasteiger partial charge is 0.497 e. The van der Waals surface area contributed by atoms with Gasteiger partial charge in [-0.1, -0.05) is 12.1 Å². The Balaban J connectivity index is 1.59. The molecule has 1 fully saturated rings. The maximum atomic E-state index is 13.0. The third-order valence-corrected chi connectivity index (χ3v) is 4.67. The van der Waals surface area contributed by atoms with Crippen LogP contribution < -0.4 is 9.64 Å². The van der Waals surface area contributed by atoms with Crippen LogP contribution in [0.15, 0.2) is 54.6 Å². The molecule has 0 unspecified atom stereocenters. The van der Waals surface area contributed by atoms with Gasteiger partial charge in [-0.15, -0.1) is 0 Å². The predicted octanol–water partition coefficient (Wildman–Crippen LogP) is 3.59. The van der Waals surface area contributed by atoms with E-state index in [4.69, 9.17) is 4.74 Å². The lowest BCUT2D eigenvalue weighted by atomic mass is 10.1. The van der Waals surface area contributed by atoms with E-state index in [1.807, 2.05) is 36.1 Å². The fourth-order valence-electron chi connectivity index (χ4n) is 3.05. The number of nitrogens with zero attached hydrogens (tertiary/aromatic N) is 2. The van der Waals surface area contributed by atoms with Gasteiger partial charge in [-0.3, -0.25) is 4.79 Å². The molecule has 2 aromatic carbocycles. The van der Waals surface area contributed by atoms with Crippen LogP contribution in [-0.2, 0) is 4.79 Å². The van der Waals surface area contributed by atoms with Gasteiger partial charge in [0.25, 0.3) is 0 Å². The van der Waals surface area contributed by atoms with Crippen LogP contribution in [0.4, 0.5) is 10.1 Å². The quantitative estimate of drug-likeness (QED) is 0.787. The molecule has 1 aliphatic heterocycles. The molecule has 1 aliphatic rings. The number of carbonyl (C=O) groups excluding carboxylic acids is 1. The van der Waals surface area contributed by atoms with E-state index < -0.39 is 0 Å². The second-order valence-corrected chi connectivity index (χ2v) is 6.34. The topological polar surface area (TPSA) is 32.8 Å². The highest BCUT2D eigenvalue weighted by Gasteiger charge is 2.20. The van der Waals surface area contributed by atoms with Crippen molar-refractivity contribution in [2.45, 2.75) is 6.92 Å². The van der Waals surface area contributed by atoms with Crippen molar-refractivity contribution in [2.75, 3.05) is 38.2 Å². The minimum Gasteiger partial charge on any atom is -0.497 e. The lowest BCUT2D eigenvalue weighted by Gasteiger charge is -2.35. The molecule has 0 N–H and O–H groups in total. The van der Waals surface area contributed by atoms with Gasteiger partial charge in [-0.05, 0) is 54.5 Å². The monoisotopic (exact) mass is 354 g/mol. The number of hydrogen-bond donors (Lipinski definition) is 0. The Bertz CT molecular complexity index is 777. The molecule has 1 saturated heterocycles. The highest BCUT2D eigenvalue weighted by Crippen LogP contribution is 2.20. The predicted molar refractivity (Wildman–Crippen MR) is 102 cm³/mol. The van der Waals surface area contributed by atoms with Crippen LogP contribution in [-0.4, -0.2) is 44.1 Å². The fraction of sp³-hybridized carbons (Fsp3) is 0.286. The van der Waals surface area contributed by atoms with Crippen molar-refractivity contribution in [1.29, 1.82) is 0 Å². The second kappa shape index (κ2) is 8.04. The third-order valence-electron chi connectivity index (χ3n) is 4.67. The van der Waals surface area contributed by atoms with Crippen molar-refractivity contribution < 1.29 is 13.9 Å². The minimum absolute atomic E-state index is 0.0251. The van der Waals surface area contributed by atoms with Gasteiger partial charge < -0.3 is 14.5 Å². The second-order valence-electron chi connectivity index (χ2n) is 6.34. The number of hydrogen-bond acceptors (Lipinski definition) is 3. The molecule has 136 valence electrons. The number of amides is 1. The lowest BCUT2D eigenvalue weighted by molar-refractivity contribution is -0.126. The van der Waals surface area contributed by atoms with Crippen LogP contribution in [0.1, 0.15) is 12.5 Å². The van der Waals surface area contributed by atoms with Gasteiger partial charge in [0.15, 0.2) is 0 Å². The number of benzene rings is 2. The zero-order valence-electron chi connectivity index (χ0n) is 15.1. The molecule has 0 bridgehead atoms. The summed E-state index contributed by atoms with van der Waals surface area (Å²) in [7, 11) is 1.63. The summed E-state index contributed by atoms with van der Waals surface area (Å²) in [6.07, 6.45) is 1.69. The van der Waals surface area contributed by atoms with Crippen molar-refractivity contribution in [3.8, 4) is 5.75 Å². The van der Waals surface area contributed by atoms with Crippen LogP contribution in [0, 0.1) is 5.82 Å². The molecular weight excluding hydrogens is 331 g/mol. The van der Waals surface area contributed by atoms with Gasteiger partial charge in [0.1, 0.15) is 11.6 Å². The summed E-state index contributed by atoms with van der Waals surface area (Å²) in [4.78, 5) is 16.6. The van der Waals surface area contributed by atoms with E-state index in [0.717, 1.165) is 35.7 Å². The van der Waals surface area contributed by atoms with Gasteiger partial charge in [0, 0.05) is 37.9 Å². The first-order valence-corrected chi connectivity index (χ1v) is 8.69. The molecule has 0 atom stereocenters. The standard InChI is InChI=1S/C21H23FN2O2/c1-16(17-3-9-20(26-2)10-4-17)15-21(25)24-13-11-23(12-14-24)19-7-5-18(22)6-8-19/h3-10,15H,11-14H2,1-2H3/b16-15+. The number of piperazine rings is 1. The molecule has 0 spiro atoms. The van der Waals surface area contributed by atoms with Crippen molar-refractivity contribution in [3.63, 3.8) is 0 Å². The van der Waals surface area contributed by atoms with E-state index in [0.29, 0.717) is 13.1 Å². The molecule has 0 aromatic heterocycles. The Morgan fingerprint density at radius 3 is 2.19 bits per heavy atom. The number of carbonyl (C=O) groups is 1. The highest BCUT2D eigenvalue weighted by molar-refractivity contribution is 5.95. The number of allylic oxidation sites excluding steroid dienone is 1. The molecule has 0 radical (unpaired) electrons. The molecule has 5 heteroatoms. The molecular formula is C21H23FN2O2. The average Bonchev–Trinajstić information content (AvgIpc) is 2.68. The fourth-order valence-corrected chi connectivity index (χ4v) is 3.05. The summed E-state index contributed by atoms with van der Waals surface area (Å²) in [6.45, 7) is 4.74. The van der Waals surface area contributed by atoms with E-state index in [9.17, 15) is 9.18 Å². The summed E-state index contributed by atoms with van der Waals surface area (Å²) >= 11 is 0. The maximum Gasteiger partial charge on any atom is 0.246 e. The van der Waals surface area contributed by atoms with Gasteiger partial charge in [-0.2, -0.15) is 0 Å².